The van der Waals surface area contributed by atoms with Gasteiger partial charge in [0.15, 0.2) is 18.1 Å². The van der Waals surface area contributed by atoms with Crippen molar-refractivity contribution in [3.05, 3.63) is 65.5 Å². The SMILES string of the molecule is COc1cc(OC)c(OC)cc1/C=C/C(=O)OCC(=O)Nc1c(C)nn(-c2ccccc2)c1C. The van der Waals surface area contributed by atoms with Crippen LogP contribution in [0.15, 0.2) is 48.5 Å². The fourth-order valence-corrected chi connectivity index (χ4v) is 3.35. The molecule has 0 fully saturated rings. The number of methoxy groups -OCH3 is 3. The molecular weight excluding hydrogens is 438 g/mol. The van der Waals surface area contributed by atoms with Crippen molar-refractivity contribution in [1.29, 1.82) is 0 Å². The van der Waals surface area contributed by atoms with E-state index in [2.05, 4.69) is 10.4 Å². The Morgan fingerprint density at radius 1 is 0.971 bits per heavy atom. The maximum atomic E-state index is 12.4. The van der Waals surface area contributed by atoms with E-state index in [1.165, 1.54) is 33.5 Å². The summed E-state index contributed by atoms with van der Waals surface area (Å²) in [5.74, 6) is 0.319. The molecule has 0 saturated heterocycles. The summed E-state index contributed by atoms with van der Waals surface area (Å²) in [5.41, 5.74) is 3.47. The predicted molar refractivity (Wildman–Crippen MR) is 128 cm³/mol. The number of amides is 1. The van der Waals surface area contributed by atoms with Crippen LogP contribution in [-0.2, 0) is 14.3 Å². The van der Waals surface area contributed by atoms with Gasteiger partial charge in [0.05, 0.1) is 44.1 Å². The zero-order valence-electron chi connectivity index (χ0n) is 19.7. The second kappa shape index (κ2) is 11.0. The van der Waals surface area contributed by atoms with E-state index in [1.54, 1.807) is 23.7 Å². The fourth-order valence-electron chi connectivity index (χ4n) is 3.35. The van der Waals surface area contributed by atoms with Gasteiger partial charge in [-0.15, -0.1) is 0 Å². The largest absolute Gasteiger partial charge is 0.496 e. The quantitative estimate of drug-likeness (QED) is 0.380. The Bertz CT molecular complexity index is 1200. The smallest absolute Gasteiger partial charge is 0.331 e. The number of carbonyl (C=O) groups excluding carboxylic acids is 2. The summed E-state index contributed by atoms with van der Waals surface area (Å²) in [6.45, 7) is 3.21. The van der Waals surface area contributed by atoms with Crippen LogP contribution in [0.25, 0.3) is 11.8 Å². The molecule has 34 heavy (non-hydrogen) atoms. The summed E-state index contributed by atoms with van der Waals surface area (Å²) in [6.07, 6.45) is 2.72. The molecule has 1 aromatic heterocycles. The van der Waals surface area contributed by atoms with Crippen molar-refractivity contribution in [2.75, 3.05) is 33.3 Å². The molecule has 9 nitrogen and oxygen atoms in total. The minimum Gasteiger partial charge on any atom is -0.496 e. The van der Waals surface area contributed by atoms with E-state index >= 15 is 0 Å². The van der Waals surface area contributed by atoms with Gasteiger partial charge < -0.3 is 24.3 Å². The van der Waals surface area contributed by atoms with Crippen LogP contribution in [0.5, 0.6) is 17.2 Å². The molecule has 0 atom stereocenters. The minimum absolute atomic E-state index is 0.443. The van der Waals surface area contributed by atoms with Gasteiger partial charge in [0.1, 0.15) is 5.75 Å². The molecule has 0 aliphatic rings. The molecule has 0 saturated carbocycles. The summed E-state index contributed by atoms with van der Waals surface area (Å²) in [6, 6.07) is 12.9. The maximum Gasteiger partial charge on any atom is 0.331 e. The highest BCUT2D eigenvalue weighted by atomic mass is 16.5. The van der Waals surface area contributed by atoms with Gasteiger partial charge in [0.25, 0.3) is 5.91 Å². The summed E-state index contributed by atoms with van der Waals surface area (Å²) >= 11 is 0. The number of hydrogen-bond donors (Lipinski definition) is 1. The highest BCUT2D eigenvalue weighted by molar-refractivity contribution is 5.95. The lowest BCUT2D eigenvalue weighted by Gasteiger charge is -2.12. The maximum absolute atomic E-state index is 12.4. The number of anilines is 1. The van der Waals surface area contributed by atoms with Crippen molar-refractivity contribution >= 4 is 23.6 Å². The van der Waals surface area contributed by atoms with Gasteiger partial charge in [-0.3, -0.25) is 4.79 Å². The molecule has 2 aromatic carbocycles. The van der Waals surface area contributed by atoms with Gasteiger partial charge >= 0.3 is 5.97 Å². The Morgan fingerprint density at radius 3 is 2.26 bits per heavy atom. The van der Waals surface area contributed by atoms with Crippen molar-refractivity contribution < 1.29 is 28.5 Å². The molecule has 3 rings (SSSR count). The summed E-state index contributed by atoms with van der Waals surface area (Å²) in [5, 5.41) is 7.26. The van der Waals surface area contributed by atoms with Crippen molar-refractivity contribution in [2.24, 2.45) is 0 Å². The first-order valence-corrected chi connectivity index (χ1v) is 10.4. The van der Waals surface area contributed by atoms with E-state index < -0.39 is 18.5 Å². The van der Waals surface area contributed by atoms with Crippen molar-refractivity contribution in [1.82, 2.24) is 9.78 Å². The lowest BCUT2D eigenvalue weighted by atomic mass is 10.1. The van der Waals surface area contributed by atoms with Crippen LogP contribution in [0.3, 0.4) is 0 Å². The number of esters is 1. The Balaban J connectivity index is 1.63. The molecule has 0 unspecified atom stereocenters. The number of ether oxygens (including phenoxy) is 4. The van der Waals surface area contributed by atoms with Crippen LogP contribution in [0.1, 0.15) is 17.0 Å². The Kier molecular flexibility index (Phi) is 7.92. The fraction of sp³-hybridized carbons (Fsp3) is 0.240. The third-order valence-corrected chi connectivity index (χ3v) is 5.04. The van der Waals surface area contributed by atoms with Crippen LogP contribution >= 0.6 is 0 Å². The zero-order valence-corrected chi connectivity index (χ0v) is 19.7. The number of rotatable bonds is 9. The molecule has 0 bridgehead atoms. The van der Waals surface area contributed by atoms with Crippen LogP contribution in [-0.4, -0.2) is 49.6 Å². The number of hydrogen-bond acceptors (Lipinski definition) is 7. The Morgan fingerprint density at radius 2 is 1.62 bits per heavy atom. The van der Waals surface area contributed by atoms with Crippen molar-refractivity contribution in [3.63, 3.8) is 0 Å². The van der Waals surface area contributed by atoms with E-state index in [9.17, 15) is 9.59 Å². The van der Waals surface area contributed by atoms with Gasteiger partial charge in [0.2, 0.25) is 0 Å². The highest BCUT2D eigenvalue weighted by Crippen LogP contribution is 2.35. The standard InChI is InChI=1S/C25H27N3O6/c1-16-25(17(2)28(27-16)19-9-7-6-8-10-19)26-23(29)15-34-24(30)12-11-18-13-21(32-4)22(33-5)14-20(18)31-3/h6-14H,15H2,1-5H3,(H,26,29)/b12-11+. The van der Waals surface area contributed by atoms with E-state index in [0.29, 0.717) is 34.2 Å². The first kappa shape index (κ1) is 24.4. The van der Waals surface area contributed by atoms with E-state index in [4.69, 9.17) is 18.9 Å². The van der Waals surface area contributed by atoms with Crippen molar-refractivity contribution in [3.8, 4) is 22.9 Å². The number of nitrogens with one attached hydrogen (secondary N) is 1. The normalized spacial score (nSPS) is 10.7. The first-order valence-electron chi connectivity index (χ1n) is 10.4. The average Bonchev–Trinajstić information content (AvgIpc) is 3.14. The van der Waals surface area contributed by atoms with Crippen molar-refractivity contribution in [2.45, 2.75) is 13.8 Å². The van der Waals surface area contributed by atoms with Crippen LogP contribution in [0.2, 0.25) is 0 Å². The zero-order chi connectivity index (χ0) is 24.7. The minimum atomic E-state index is -0.680. The van der Waals surface area contributed by atoms with E-state index in [1.807, 2.05) is 37.3 Å². The molecule has 1 heterocycles. The molecule has 0 aliphatic carbocycles. The number of aryl methyl sites for hydroxylation is 1. The molecule has 3 aromatic rings. The number of nitrogens with zero attached hydrogens (tertiary/aromatic N) is 2. The third kappa shape index (κ3) is 5.55. The third-order valence-electron chi connectivity index (χ3n) is 5.04. The molecule has 178 valence electrons. The van der Waals surface area contributed by atoms with Gasteiger partial charge in [-0.25, -0.2) is 9.48 Å². The van der Waals surface area contributed by atoms with Crippen LogP contribution in [0, 0.1) is 13.8 Å². The monoisotopic (exact) mass is 465 g/mol. The van der Waals surface area contributed by atoms with Gasteiger partial charge in [0, 0.05) is 17.7 Å². The molecule has 0 aliphatic heterocycles. The van der Waals surface area contributed by atoms with Crippen LogP contribution < -0.4 is 19.5 Å². The van der Waals surface area contributed by atoms with E-state index in [-0.39, 0.29) is 0 Å². The number of carbonyl (C=O) groups is 2. The molecule has 9 heteroatoms. The topological polar surface area (TPSA) is 101 Å². The molecule has 0 radical (unpaired) electrons. The number of aromatic nitrogens is 2. The molecule has 1 amide bonds. The molecular formula is C25H27N3O6. The Labute approximate surface area is 197 Å². The lowest BCUT2D eigenvalue weighted by molar-refractivity contribution is -0.142. The summed E-state index contributed by atoms with van der Waals surface area (Å²) in [4.78, 5) is 24.6. The van der Waals surface area contributed by atoms with Crippen LogP contribution in [0.4, 0.5) is 5.69 Å². The van der Waals surface area contributed by atoms with E-state index in [0.717, 1.165) is 11.4 Å². The van der Waals surface area contributed by atoms with Gasteiger partial charge in [-0.05, 0) is 38.1 Å². The van der Waals surface area contributed by atoms with Gasteiger partial charge in [-0.2, -0.15) is 5.10 Å². The number of para-hydroxylation sites is 1. The highest BCUT2D eigenvalue weighted by Gasteiger charge is 2.16. The molecule has 0 spiro atoms. The lowest BCUT2D eigenvalue weighted by Crippen LogP contribution is -2.20. The molecule has 1 N–H and O–H groups in total. The summed E-state index contributed by atoms with van der Waals surface area (Å²) < 4.78 is 22.7. The first-order chi connectivity index (χ1) is 16.4. The van der Waals surface area contributed by atoms with Gasteiger partial charge in [-0.1, -0.05) is 18.2 Å². The average molecular weight is 466 g/mol. The Hall–Kier alpha value is -4.27. The predicted octanol–water partition coefficient (Wildman–Crippen LogP) is 3.71. The second-order valence-corrected chi connectivity index (χ2v) is 7.23. The number of benzene rings is 2. The second-order valence-electron chi connectivity index (χ2n) is 7.23. The summed E-state index contributed by atoms with van der Waals surface area (Å²) in [7, 11) is 4.54.